The number of nitrogens with one attached hydrogen (secondary N) is 3. The summed E-state index contributed by atoms with van der Waals surface area (Å²) in [6.45, 7) is 3.16. The van der Waals surface area contributed by atoms with Crippen LogP contribution in [0, 0.1) is 0 Å². The molecule has 1 heterocycles. The van der Waals surface area contributed by atoms with Crippen LogP contribution in [-0.4, -0.2) is 48.3 Å². The summed E-state index contributed by atoms with van der Waals surface area (Å²) in [5.41, 5.74) is 1.57. The third-order valence-electron chi connectivity index (χ3n) is 4.76. The molecule has 1 unspecified atom stereocenters. The Morgan fingerprint density at radius 2 is 1.72 bits per heavy atom. The topological polar surface area (TPSA) is 90.5 Å². The average Bonchev–Trinajstić information content (AvgIpc) is 2.69. The molecular weight excluding hydrogens is 368 g/mol. The van der Waals surface area contributed by atoms with Gasteiger partial charge < -0.3 is 16.0 Å². The number of nitrogens with zero attached hydrogens (tertiary/aromatic N) is 1. The molecular formula is C22H26N4O3. The molecule has 0 radical (unpaired) electrons. The fourth-order valence-corrected chi connectivity index (χ4v) is 3.51. The maximum Gasteiger partial charge on any atom is 0.257 e. The Kier molecular flexibility index (Phi) is 6.97. The summed E-state index contributed by atoms with van der Waals surface area (Å²) < 4.78 is 0. The first-order valence-electron chi connectivity index (χ1n) is 9.76. The Bertz CT molecular complexity index is 869. The molecule has 0 spiro atoms. The lowest BCUT2D eigenvalue weighted by Gasteiger charge is -2.32. The number of benzene rings is 2. The number of piperidine rings is 1. The summed E-state index contributed by atoms with van der Waals surface area (Å²) in [6, 6.07) is 16.2. The molecule has 1 fully saturated rings. The molecule has 1 saturated heterocycles. The Labute approximate surface area is 170 Å². The van der Waals surface area contributed by atoms with Crippen LogP contribution in [0.5, 0.6) is 0 Å². The molecule has 29 heavy (non-hydrogen) atoms. The summed E-state index contributed by atoms with van der Waals surface area (Å²) in [4.78, 5) is 38.5. The summed E-state index contributed by atoms with van der Waals surface area (Å²) in [5, 5.41) is 8.60. The van der Waals surface area contributed by atoms with Crippen LogP contribution in [0.2, 0.25) is 0 Å². The van der Waals surface area contributed by atoms with Crippen LogP contribution in [0.3, 0.4) is 0 Å². The molecule has 7 heteroatoms. The first kappa shape index (κ1) is 20.5. The van der Waals surface area contributed by atoms with E-state index >= 15 is 0 Å². The third kappa shape index (κ3) is 6.15. The van der Waals surface area contributed by atoms with E-state index in [2.05, 4.69) is 16.0 Å². The number of rotatable bonds is 6. The highest BCUT2D eigenvalue weighted by Crippen LogP contribution is 2.18. The second kappa shape index (κ2) is 9.84. The minimum absolute atomic E-state index is 0.0559. The lowest BCUT2D eigenvalue weighted by molar-refractivity contribution is -0.120. The van der Waals surface area contributed by atoms with Crippen LogP contribution < -0.4 is 16.0 Å². The average molecular weight is 394 g/mol. The molecule has 0 aliphatic carbocycles. The first-order chi connectivity index (χ1) is 14.0. The van der Waals surface area contributed by atoms with Gasteiger partial charge >= 0.3 is 0 Å². The second-order valence-corrected chi connectivity index (χ2v) is 7.19. The number of carbonyl (C=O) groups excluding carboxylic acids is 3. The zero-order valence-electron chi connectivity index (χ0n) is 16.5. The van der Waals surface area contributed by atoms with Crippen LogP contribution in [0.4, 0.5) is 11.4 Å². The first-order valence-corrected chi connectivity index (χ1v) is 9.76. The van der Waals surface area contributed by atoms with E-state index in [0.717, 1.165) is 19.4 Å². The Morgan fingerprint density at radius 3 is 2.48 bits per heavy atom. The molecule has 1 atom stereocenters. The van der Waals surface area contributed by atoms with Gasteiger partial charge in [0.05, 0.1) is 17.8 Å². The molecule has 3 amide bonds. The molecule has 2 aromatic carbocycles. The van der Waals surface area contributed by atoms with Gasteiger partial charge in [-0.3, -0.25) is 19.3 Å². The number of hydrogen-bond acceptors (Lipinski definition) is 4. The highest BCUT2D eigenvalue weighted by molar-refractivity contribution is 6.10. The molecule has 1 aliphatic heterocycles. The van der Waals surface area contributed by atoms with Gasteiger partial charge in [-0.2, -0.15) is 0 Å². The highest BCUT2D eigenvalue weighted by Gasteiger charge is 2.22. The number of amides is 3. The minimum atomic E-state index is -0.282. The molecule has 3 N–H and O–H groups in total. The Balaban J connectivity index is 1.60. The molecule has 0 saturated carbocycles. The van der Waals surface area contributed by atoms with Gasteiger partial charge in [0, 0.05) is 25.2 Å². The molecule has 152 valence electrons. The zero-order chi connectivity index (χ0) is 20.6. The Hall–Kier alpha value is -3.19. The largest absolute Gasteiger partial charge is 0.352 e. The van der Waals surface area contributed by atoms with E-state index in [4.69, 9.17) is 0 Å². The van der Waals surface area contributed by atoms with E-state index in [1.54, 1.807) is 36.4 Å². The number of anilines is 2. The van der Waals surface area contributed by atoms with Crippen LogP contribution in [-0.2, 0) is 9.59 Å². The number of carbonyl (C=O) groups is 3. The van der Waals surface area contributed by atoms with Crippen LogP contribution in [0.15, 0.2) is 54.6 Å². The van der Waals surface area contributed by atoms with Crippen molar-refractivity contribution in [2.75, 3.05) is 30.3 Å². The van der Waals surface area contributed by atoms with Gasteiger partial charge in [-0.1, -0.05) is 30.3 Å². The lowest BCUT2D eigenvalue weighted by atomic mass is 10.1. The van der Waals surface area contributed by atoms with Crippen molar-refractivity contribution in [3.8, 4) is 0 Å². The summed E-state index contributed by atoms with van der Waals surface area (Å²) in [5.74, 6) is -0.524. The second-order valence-electron chi connectivity index (χ2n) is 7.19. The standard InChI is InChI=1S/C22H26N4O3/c1-16(27)23-18-10-7-13-26(14-18)15-21(28)25-20-12-6-5-11-19(20)22(29)24-17-8-3-2-4-9-17/h2-6,8-9,11-12,18H,7,10,13-15H2,1H3,(H,23,27)(H,24,29)(H,25,28). The van der Waals surface area contributed by atoms with Crippen molar-refractivity contribution in [1.29, 1.82) is 0 Å². The molecule has 1 aliphatic rings. The van der Waals surface area contributed by atoms with E-state index in [1.165, 1.54) is 6.92 Å². The molecule has 2 aromatic rings. The summed E-state index contributed by atoms with van der Waals surface area (Å²) in [6.07, 6.45) is 1.84. The van der Waals surface area contributed by atoms with Crippen molar-refractivity contribution in [3.05, 3.63) is 60.2 Å². The Morgan fingerprint density at radius 1 is 1.00 bits per heavy atom. The molecule has 3 rings (SSSR count). The fourth-order valence-electron chi connectivity index (χ4n) is 3.51. The van der Waals surface area contributed by atoms with Crippen molar-refractivity contribution >= 4 is 29.1 Å². The van der Waals surface area contributed by atoms with E-state index in [-0.39, 0.29) is 30.3 Å². The highest BCUT2D eigenvalue weighted by atomic mass is 16.2. The smallest absolute Gasteiger partial charge is 0.257 e. The van der Waals surface area contributed by atoms with Gasteiger partial charge in [0.2, 0.25) is 11.8 Å². The molecule has 0 aromatic heterocycles. The van der Waals surface area contributed by atoms with Crippen molar-refractivity contribution < 1.29 is 14.4 Å². The fraction of sp³-hybridized carbons (Fsp3) is 0.318. The van der Waals surface area contributed by atoms with Crippen LogP contribution in [0.1, 0.15) is 30.1 Å². The maximum absolute atomic E-state index is 12.6. The SMILES string of the molecule is CC(=O)NC1CCCN(CC(=O)Nc2ccccc2C(=O)Nc2ccccc2)C1. The quantitative estimate of drug-likeness (QED) is 0.702. The van der Waals surface area contributed by atoms with Crippen molar-refractivity contribution in [3.63, 3.8) is 0 Å². The van der Waals surface area contributed by atoms with Gasteiger partial charge in [0.15, 0.2) is 0 Å². The minimum Gasteiger partial charge on any atom is -0.352 e. The normalized spacial score (nSPS) is 16.7. The van der Waals surface area contributed by atoms with Gasteiger partial charge in [0.1, 0.15) is 0 Å². The van der Waals surface area contributed by atoms with Gasteiger partial charge in [-0.25, -0.2) is 0 Å². The van der Waals surface area contributed by atoms with Crippen LogP contribution in [0.25, 0.3) is 0 Å². The van der Waals surface area contributed by atoms with E-state index in [9.17, 15) is 14.4 Å². The third-order valence-corrected chi connectivity index (χ3v) is 4.76. The maximum atomic E-state index is 12.6. The van der Waals surface area contributed by atoms with Gasteiger partial charge in [0.25, 0.3) is 5.91 Å². The molecule has 7 nitrogen and oxygen atoms in total. The van der Waals surface area contributed by atoms with Gasteiger partial charge in [-0.15, -0.1) is 0 Å². The monoisotopic (exact) mass is 394 g/mol. The van der Waals surface area contributed by atoms with Crippen molar-refractivity contribution in [1.82, 2.24) is 10.2 Å². The van der Waals surface area contributed by atoms with Crippen LogP contribution >= 0.6 is 0 Å². The van der Waals surface area contributed by atoms with E-state index < -0.39 is 0 Å². The predicted octanol–water partition coefficient (Wildman–Crippen LogP) is 2.48. The number of hydrogen-bond donors (Lipinski definition) is 3. The summed E-state index contributed by atoms with van der Waals surface area (Å²) in [7, 11) is 0. The lowest BCUT2D eigenvalue weighted by Crippen LogP contribution is -2.49. The number of likely N-dealkylation sites (tertiary alicyclic amines) is 1. The van der Waals surface area contributed by atoms with Crippen molar-refractivity contribution in [2.24, 2.45) is 0 Å². The molecule has 0 bridgehead atoms. The zero-order valence-corrected chi connectivity index (χ0v) is 16.5. The summed E-state index contributed by atoms with van der Waals surface area (Å²) >= 11 is 0. The van der Waals surface area contributed by atoms with E-state index in [1.807, 2.05) is 23.1 Å². The van der Waals surface area contributed by atoms with E-state index in [0.29, 0.717) is 23.5 Å². The van der Waals surface area contributed by atoms with Crippen molar-refractivity contribution in [2.45, 2.75) is 25.8 Å². The van der Waals surface area contributed by atoms with Gasteiger partial charge in [-0.05, 0) is 43.7 Å². The number of para-hydroxylation sites is 2. The predicted molar refractivity (Wildman–Crippen MR) is 113 cm³/mol.